The second kappa shape index (κ2) is 5.22. The SMILES string of the molecule is CC1(C)OCC(Nc2cccc(-n3cnnc3)c2)CO1. The van der Waals surface area contributed by atoms with Crippen molar-refractivity contribution in [1.29, 1.82) is 0 Å². The standard InChI is InChI=1S/C14H18N4O2/c1-14(2)19-7-12(8-20-14)17-11-4-3-5-13(6-11)18-9-15-16-10-18/h3-6,9-10,12,17H,7-8H2,1-2H3. The first-order valence-corrected chi connectivity index (χ1v) is 6.62. The molecule has 6 heteroatoms. The lowest BCUT2D eigenvalue weighted by atomic mass is 10.2. The molecule has 1 aliphatic heterocycles. The average Bonchev–Trinajstić information content (AvgIpc) is 2.96. The van der Waals surface area contributed by atoms with Crippen molar-refractivity contribution < 1.29 is 9.47 Å². The monoisotopic (exact) mass is 274 g/mol. The zero-order valence-electron chi connectivity index (χ0n) is 11.6. The van der Waals surface area contributed by atoms with Gasteiger partial charge < -0.3 is 14.8 Å². The normalized spacial score (nSPS) is 18.9. The molecular formula is C14H18N4O2. The van der Waals surface area contributed by atoms with E-state index in [-0.39, 0.29) is 6.04 Å². The van der Waals surface area contributed by atoms with Gasteiger partial charge in [0.25, 0.3) is 0 Å². The van der Waals surface area contributed by atoms with Crippen molar-refractivity contribution in [2.75, 3.05) is 18.5 Å². The summed E-state index contributed by atoms with van der Waals surface area (Å²) in [7, 11) is 0. The zero-order chi connectivity index (χ0) is 14.0. The summed E-state index contributed by atoms with van der Waals surface area (Å²) in [6.07, 6.45) is 3.35. The fourth-order valence-electron chi connectivity index (χ4n) is 2.10. The van der Waals surface area contributed by atoms with E-state index >= 15 is 0 Å². The molecule has 1 aromatic carbocycles. The Bertz CT molecular complexity index is 558. The van der Waals surface area contributed by atoms with Crippen LogP contribution in [0.4, 0.5) is 5.69 Å². The molecule has 2 heterocycles. The Kier molecular flexibility index (Phi) is 3.42. The maximum atomic E-state index is 5.64. The van der Waals surface area contributed by atoms with Crippen molar-refractivity contribution in [3.63, 3.8) is 0 Å². The molecule has 20 heavy (non-hydrogen) atoms. The van der Waals surface area contributed by atoms with E-state index in [1.54, 1.807) is 12.7 Å². The van der Waals surface area contributed by atoms with Crippen LogP contribution in [-0.4, -0.2) is 39.8 Å². The van der Waals surface area contributed by atoms with Gasteiger partial charge in [-0.25, -0.2) is 0 Å². The van der Waals surface area contributed by atoms with E-state index in [9.17, 15) is 0 Å². The van der Waals surface area contributed by atoms with Gasteiger partial charge in [0.15, 0.2) is 5.79 Å². The molecule has 2 aromatic rings. The third-order valence-corrected chi connectivity index (χ3v) is 3.20. The van der Waals surface area contributed by atoms with Gasteiger partial charge in [0, 0.05) is 5.69 Å². The van der Waals surface area contributed by atoms with Gasteiger partial charge >= 0.3 is 0 Å². The molecule has 0 unspecified atom stereocenters. The number of nitrogens with one attached hydrogen (secondary N) is 1. The van der Waals surface area contributed by atoms with Gasteiger partial charge in [0.2, 0.25) is 0 Å². The Labute approximate surface area is 117 Å². The van der Waals surface area contributed by atoms with Crippen LogP contribution in [0, 0.1) is 0 Å². The lowest BCUT2D eigenvalue weighted by molar-refractivity contribution is -0.247. The van der Waals surface area contributed by atoms with E-state index in [2.05, 4.69) is 15.5 Å². The van der Waals surface area contributed by atoms with E-state index in [1.807, 2.05) is 42.7 Å². The minimum absolute atomic E-state index is 0.152. The van der Waals surface area contributed by atoms with Crippen LogP contribution in [0.15, 0.2) is 36.9 Å². The van der Waals surface area contributed by atoms with Crippen LogP contribution in [0.1, 0.15) is 13.8 Å². The Morgan fingerprint density at radius 2 is 1.90 bits per heavy atom. The van der Waals surface area contributed by atoms with Gasteiger partial charge in [-0.3, -0.25) is 4.57 Å². The number of hydrogen-bond donors (Lipinski definition) is 1. The second-order valence-electron chi connectivity index (χ2n) is 5.28. The third-order valence-electron chi connectivity index (χ3n) is 3.20. The van der Waals surface area contributed by atoms with Crippen LogP contribution < -0.4 is 5.32 Å². The number of nitrogens with zero attached hydrogens (tertiary/aromatic N) is 3. The van der Waals surface area contributed by atoms with Gasteiger partial charge in [-0.2, -0.15) is 0 Å². The number of aromatic nitrogens is 3. The van der Waals surface area contributed by atoms with E-state index in [0.29, 0.717) is 13.2 Å². The summed E-state index contributed by atoms with van der Waals surface area (Å²) in [5.41, 5.74) is 2.03. The predicted molar refractivity (Wildman–Crippen MR) is 74.8 cm³/mol. The third kappa shape index (κ3) is 2.97. The molecule has 1 N–H and O–H groups in total. The molecule has 3 rings (SSSR count). The molecule has 6 nitrogen and oxygen atoms in total. The highest BCUT2D eigenvalue weighted by atomic mass is 16.7. The Balaban J connectivity index is 1.68. The maximum absolute atomic E-state index is 5.64. The lowest BCUT2D eigenvalue weighted by Gasteiger charge is -2.35. The maximum Gasteiger partial charge on any atom is 0.162 e. The summed E-state index contributed by atoms with van der Waals surface area (Å²) in [6, 6.07) is 8.22. The molecule has 1 fully saturated rings. The Morgan fingerprint density at radius 1 is 1.20 bits per heavy atom. The minimum Gasteiger partial charge on any atom is -0.378 e. The second-order valence-corrected chi connectivity index (χ2v) is 5.28. The molecule has 0 spiro atoms. The first kappa shape index (κ1) is 13.1. The van der Waals surface area contributed by atoms with Gasteiger partial charge in [-0.05, 0) is 32.0 Å². The molecule has 0 bridgehead atoms. The average molecular weight is 274 g/mol. The van der Waals surface area contributed by atoms with Gasteiger partial charge in [0.05, 0.1) is 24.9 Å². The molecule has 0 saturated carbocycles. The topological polar surface area (TPSA) is 61.2 Å². The molecule has 1 aromatic heterocycles. The zero-order valence-corrected chi connectivity index (χ0v) is 11.6. The number of benzene rings is 1. The van der Waals surface area contributed by atoms with E-state index < -0.39 is 5.79 Å². The first-order valence-electron chi connectivity index (χ1n) is 6.62. The quantitative estimate of drug-likeness (QED) is 0.925. The van der Waals surface area contributed by atoms with Crippen molar-refractivity contribution in [3.8, 4) is 5.69 Å². The summed E-state index contributed by atoms with van der Waals surface area (Å²) < 4.78 is 13.1. The lowest BCUT2D eigenvalue weighted by Crippen LogP contribution is -2.45. The van der Waals surface area contributed by atoms with Crippen LogP contribution >= 0.6 is 0 Å². The molecule has 0 amide bonds. The summed E-state index contributed by atoms with van der Waals surface area (Å²) >= 11 is 0. The minimum atomic E-state index is -0.484. The number of rotatable bonds is 3. The molecule has 1 saturated heterocycles. The first-order chi connectivity index (χ1) is 9.62. The van der Waals surface area contributed by atoms with Crippen LogP contribution in [0.5, 0.6) is 0 Å². The number of hydrogen-bond acceptors (Lipinski definition) is 5. The fourth-order valence-corrected chi connectivity index (χ4v) is 2.10. The van der Waals surface area contributed by atoms with Crippen molar-refractivity contribution in [2.45, 2.75) is 25.7 Å². The van der Waals surface area contributed by atoms with E-state index in [4.69, 9.17) is 9.47 Å². The highest BCUT2D eigenvalue weighted by molar-refractivity contribution is 5.51. The van der Waals surface area contributed by atoms with Gasteiger partial charge in [0.1, 0.15) is 12.7 Å². The van der Waals surface area contributed by atoms with Crippen molar-refractivity contribution >= 4 is 5.69 Å². The van der Waals surface area contributed by atoms with Crippen LogP contribution in [0.25, 0.3) is 5.69 Å². The van der Waals surface area contributed by atoms with E-state index in [1.165, 1.54) is 0 Å². The van der Waals surface area contributed by atoms with Crippen molar-refractivity contribution in [3.05, 3.63) is 36.9 Å². The Morgan fingerprint density at radius 3 is 2.60 bits per heavy atom. The molecule has 0 atom stereocenters. The van der Waals surface area contributed by atoms with Crippen molar-refractivity contribution in [2.24, 2.45) is 0 Å². The molecule has 106 valence electrons. The molecular weight excluding hydrogens is 256 g/mol. The largest absolute Gasteiger partial charge is 0.378 e. The highest BCUT2D eigenvalue weighted by Crippen LogP contribution is 2.20. The van der Waals surface area contributed by atoms with Crippen molar-refractivity contribution in [1.82, 2.24) is 14.8 Å². The van der Waals surface area contributed by atoms with Gasteiger partial charge in [-0.15, -0.1) is 10.2 Å². The fraction of sp³-hybridized carbons (Fsp3) is 0.429. The summed E-state index contributed by atoms with van der Waals surface area (Å²) in [5.74, 6) is -0.484. The summed E-state index contributed by atoms with van der Waals surface area (Å²) in [6.45, 7) is 5.11. The van der Waals surface area contributed by atoms with E-state index in [0.717, 1.165) is 11.4 Å². The van der Waals surface area contributed by atoms with Gasteiger partial charge in [-0.1, -0.05) is 6.07 Å². The number of ether oxygens (including phenoxy) is 2. The summed E-state index contributed by atoms with van der Waals surface area (Å²) in [4.78, 5) is 0. The molecule has 0 aliphatic carbocycles. The molecule has 0 radical (unpaired) electrons. The van der Waals surface area contributed by atoms with Crippen LogP contribution in [0.3, 0.4) is 0 Å². The summed E-state index contributed by atoms with van der Waals surface area (Å²) in [5, 5.41) is 11.0. The van der Waals surface area contributed by atoms with Crippen LogP contribution in [0.2, 0.25) is 0 Å². The number of anilines is 1. The smallest absolute Gasteiger partial charge is 0.162 e. The Hall–Kier alpha value is -1.92. The van der Waals surface area contributed by atoms with Crippen LogP contribution in [-0.2, 0) is 9.47 Å². The highest BCUT2D eigenvalue weighted by Gasteiger charge is 2.28. The molecule has 1 aliphatic rings. The predicted octanol–water partition coefficient (Wildman–Crippen LogP) is 1.83.